The number of carbonyl (C=O) groups is 1. The van der Waals surface area contributed by atoms with Gasteiger partial charge in [-0.25, -0.2) is 0 Å². The monoisotopic (exact) mass is 330 g/mol. The first-order chi connectivity index (χ1) is 10.7. The van der Waals surface area contributed by atoms with E-state index in [9.17, 15) is 23.1 Å². The predicted octanol–water partition coefficient (Wildman–Crippen LogP) is 2.34. The van der Waals surface area contributed by atoms with Crippen LogP contribution < -0.4 is 5.32 Å². The van der Waals surface area contributed by atoms with E-state index in [1.165, 1.54) is 6.07 Å². The number of alkyl halides is 3. The molecule has 23 heavy (non-hydrogen) atoms. The third-order valence-corrected chi connectivity index (χ3v) is 3.78. The van der Waals surface area contributed by atoms with E-state index in [0.29, 0.717) is 12.0 Å². The van der Waals surface area contributed by atoms with Gasteiger partial charge in [0, 0.05) is 18.6 Å². The molecular weight excluding hydrogens is 309 g/mol. The van der Waals surface area contributed by atoms with Crippen LogP contribution in [0.1, 0.15) is 37.4 Å². The van der Waals surface area contributed by atoms with Gasteiger partial charge < -0.3 is 10.4 Å². The van der Waals surface area contributed by atoms with Crippen LogP contribution in [0.5, 0.6) is 0 Å². The molecule has 4 nitrogen and oxygen atoms in total. The van der Waals surface area contributed by atoms with E-state index < -0.39 is 23.9 Å². The van der Waals surface area contributed by atoms with Gasteiger partial charge in [-0.2, -0.15) is 13.2 Å². The zero-order valence-electron chi connectivity index (χ0n) is 13.1. The molecule has 2 N–H and O–H groups in total. The van der Waals surface area contributed by atoms with E-state index >= 15 is 0 Å². The average Bonchev–Trinajstić information content (AvgIpc) is 2.77. The van der Waals surface area contributed by atoms with Crippen molar-refractivity contribution in [3.05, 3.63) is 35.4 Å². The fourth-order valence-electron chi connectivity index (χ4n) is 2.88. The van der Waals surface area contributed by atoms with Gasteiger partial charge in [0.1, 0.15) is 0 Å². The number of nitrogens with one attached hydrogen (secondary N) is 1. The summed E-state index contributed by atoms with van der Waals surface area (Å²) in [5.41, 5.74) is -0.253. The lowest BCUT2D eigenvalue weighted by molar-refractivity contribution is -0.137. The number of halogens is 3. The predicted molar refractivity (Wildman–Crippen MR) is 79.7 cm³/mol. The van der Waals surface area contributed by atoms with Crippen LogP contribution in [0.2, 0.25) is 0 Å². The van der Waals surface area contributed by atoms with Crippen LogP contribution in [-0.4, -0.2) is 41.1 Å². The molecule has 128 valence electrons. The average molecular weight is 330 g/mol. The summed E-state index contributed by atoms with van der Waals surface area (Å²) in [6, 6.07) is 4.66. The summed E-state index contributed by atoms with van der Waals surface area (Å²) in [5, 5.41) is 12.6. The number of hydrogen-bond acceptors (Lipinski definition) is 3. The highest BCUT2D eigenvalue weighted by Gasteiger charge is 2.35. The lowest BCUT2D eigenvalue weighted by Crippen LogP contribution is -2.40. The summed E-state index contributed by atoms with van der Waals surface area (Å²) in [4.78, 5) is 13.6. The third-order valence-electron chi connectivity index (χ3n) is 3.78. The lowest BCUT2D eigenvalue weighted by atomic mass is 10.0. The van der Waals surface area contributed by atoms with E-state index in [1.54, 1.807) is 11.0 Å². The first kappa shape index (κ1) is 17.7. The fraction of sp³-hybridized carbons (Fsp3) is 0.562. The molecule has 0 radical (unpaired) electrons. The Morgan fingerprint density at radius 3 is 2.74 bits per heavy atom. The van der Waals surface area contributed by atoms with Crippen molar-refractivity contribution in [1.29, 1.82) is 0 Å². The number of aliphatic hydroxyl groups excluding tert-OH is 1. The molecule has 1 aromatic rings. The maximum absolute atomic E-state index is 12.9. The summed E-state index contributed by atoms with van der Waals surface area (Å²) in [7, 11) is 0. The van der Waals surface area contributed by atoms with Crippen molar-refractivity contribution in [3.63, 3.8) is 0 Å². The molecule has 2 rings (SSSR count). The second kappa shape index (κ2) is 6.88. The van der Waals surface area contributed by atoms with E-state index in [0.717, 1.165) is 12.1 Å². The Morgan fingerprint density at radius 2 is 2.13 bits per heavy atom. The first-order valence-electron chi connectivity index (χ1n) is 7.55. The minimum Gasteiger partial charge on any atom is -0.392 e. The molecule has 1 amide bonds. The molecule has 1 aliphatic rings. The summed E-state index contributed by atoms with van der Waals surface area (Å²) < 4.78 is 38.6. The van der Waals surface area contributed by atoms with Gasteiger partial charge in [-0.1, -0.05) is 12.1 Å². The topological polar surface area (TPSA) is 52.6 Å². The van der Waals surface area contributed by atoms with Gasteiger partial charge in [0.25, 0.3) is 0 Å². The zero-order valence-corrected chi connectivity index (χ0v) is 13.1. The molecule has 0 saturated carbocycles. The van der Waals surface area contributed by atoms with Gasteiger partial charge in [-0.15, -0.1) is 0 Å². The van der Waals surface area contributed by atoms with Gasteiger partial charge in [-0.3, -0.25) is 9.69 Å². The molecule has 0 unspecified atom stereocenters. The number of carbonyl (C=O) groups excluding carboxylic acids is 1. The van der Waals surface area contributed by atoms with Crippen molar-refractivity contribution in [2.75, 3.05) is 13.1 Å². The number of likely N-dealkylation sites (tertiary alicyclic amines) is 1. The van der Waals surface area contributed by atoms with Crippen LogP contribution in [0.3, 0.4) is 0 Å². The summed E-state index contributed by atoms with van der Waals surface area (Å²) in [6.07, 6.45) is -4.75. The quantitative estimate of drug-likeness (QED) is 0.891. The molecule has 1 heterocycles. The van der Waals surface area contributed by atoms with Crippen LogP contribution in [-0.2, 0) is 11.0 Å². The first-order valence-corrected chi connectivity index (χ1v) is 7.55. The zero-order chi connectivity index (χ0) is 17.2. The lowest BCUT2D eigenvalue weighted by Gasteiger charge is -2.25. The number of rotatable bonds is 4. The van der Waals surface area contributed by atoms with Gasteiger partial charge in [0.15, 0.2) is 0 Å². The Morgan fingerprint density at radius 1 is 1.43 bits per heavy atom. The highest BCUT2D eigenvalue weighted by atomic mass is 19.4. The molecule has 1 fully saturated rings. The number of hydrogen-bond donors (Lipinski definition) is 2. The molecule has 2 atom stereocenters. The molecule has 1 saturated heterocycles. The molecule has 0 aromatic heterocycles. The van der Waals surface area contributed by atoms with Crippen molar-refractivity contribution in [3.8, 4) is 0 Å². The summed E-state index contributed by atoms with van der Waals surface area (Å²) >= 11 is 0. The molecule has 0 aliphatic carbocycles. The maximum Gasteiger partial charge on any atom is 0.416 e. The number of amides is 1. The summed E-state index contributed by atoms with van der Waals surface area (Å²) in [5.74, 6) is -0.203. The molecule has 1 aliphatic heterocycles. The molecule has 0 spiro atoms. The van der Waals surface area contributed by atoms with Gasteiger partial charge in [0.05, 0.1) is 18.2 Å². The van der Waals surface area contributed by atoms with E-state index in [2.05, 4.69) is 5.32 Å². The van der Waals surface area contributed by atoms with Gasteiger partial charge in [0.2, 0.25) is 5.91 Å². The third kappa shape index (κ3) is 4.68. The van der Waals surface area contributed by atoms with Crippen molar-refractivity contribution in [1.82, 2.24) is 10.2 Å². The number of benzene rings is 1. The minimum atomic E-state index is -4.41. The highest BCUT2D eigenvalue weighted by Crippen LogP contribution is 2.35. The molecular formula is C16H21F3N2O2. The van der Waals surface area contributed by atoms with E-state index in [-0.39, 0.29) is 25.0 Å². The van der Waals surface area contributed by atoms with E-state index in [1.807, 2.05) is 13.8 Å². The van der Waals surface area contributed by atoms with Crippen LogP contribution in [0.4, 0.5) is 13.2 Å². The number of aliphatic hydroxyl groups is 1. The van der Waals surface area contributed by atoms with Crippen molar-refractivity contribution in [2.45, 2.75) is 44.6 Å². The number of β-amino-alcohol motifs (C(OH)–C–C–N with tert-alkyl or cyclic N) is 1. The maximum atomic E-state index is 12.9. The SMILES string of the molecule is CC(C)NC(=O)CN1C[C@@H](O)C[C@@H]1c1cccc(C(F)(F)F)c1. The van der Waals surface area contributed by atoms with Crippen molar-refractivity contribution < 1.29 is 23.1 Å². The Bertz CT molecular complexity index is 561. The van der Waals surface area contributed by atoms with Gasteiger partial charge in [-0.05, 0) is 38.0 Å². The minimum absolute atomic E-state index is 0.0120. The Balaban J connectivity index is 2.17. The van der Waals surface area contributed by atoms with E-state index in [4.69, 9.17) is 0 Å². The van der Waals surface area contributed by atoms with Crippen molar-refractivity contribution >= 4 is 5.91 Å². The Hall–Kier alpha value is -1.60. The molecule has 1 aromatic carbocycles. The fourth-order valence-corrected chi connectivity index (χ4v) is 2.88. The Kier molecular flexibility index (Phi) is 5.31. The van der Waals surface area contributed by atoms with Crippen LogP contribution in [0.25, 0.3) is 0 Å². The van der Waals surface area contributed by atoms with Crippen LogP contribution in [0.15, 0.2) is 24.3 Å². The summed E-state index contributed by atoms with van der Waals surface area (Å²) in [6.45, 7) is 3.99. The highest BCUT2D eigenvalue weighted by molar-refractivity contribution is 5.78. The molecule has 0 bridgehead atoms. The number of nitrogens with zero attached hydrogens (tertiary/aromatic N) is 1. The van der Waals surface area contributed by atoms with Gasteiger partial charge >= 0.3 is 6.18 Å². The van der Waals surface area contributed by atoms with Crippen molar-refractivity contribution in [2.24, 2.45) is 0 Å². The van der Waals surface area contributed by atoms with Crippen LogP contribution in [0, 0.1) is 0 Å². The van der Waals surface area contributed by atoms with Crippen LogP contribution >= 0.6 is 0 Å². The largest absolute Gasteiger partial charge is 0.416 e. The normalized spacial score (nSPS) is 22.6. The molecule has 7 heteroatoms. The smallest absolute Gasteiger partial charge is 0.392 e. The Labute approximate surface area is 133 Å². The standard InChI is InChI=1S/C16H21F3N2O2/c1-10(2)20-15(23)9-21-8-13(22)7-14(21)11-4-3-5-12(6-11)16(17,18)19/h3-6,10,13-14,22H,7-9H2,1-2H3,(H,20,23)/t13-,14+/m0/s1. The second-order valence-corrected chi connectivity index (χ2v) is 6.18. The second-order valence-electron chi connectivity index (χ2n) is 6.18.